The van der Waals surface area contributed by atoms with E-state index in [1.807, 2.05) is 18.2 Å². The third kappa shape index (κ3) is 3.44. The maximum atomic E-state index is 12.5. The molecule has 1 aliphatic heterocycles. The molecule has 0 atom stereocenters. The molecule has 3 N–H and O–H groups in total. The van der Waals surface area contributed by atoms with Gasteiger partial charge in [-0.2, -0.15) is 0 Å². The molecular weight excluding hydrogens is 314 g/mol. The number of amides is 1. The Morgan fingerprint density at radius 2 is 1.88 bits per heavy atom. The van der Waals surface area contributed by atoms with Crippen LogP contribution in [0.2, 0.25) is 0 Å². The highest BCUT2D eigenvalue weighted by Gasteiger charge is 2.21. The first-order valence-corrected chi connectivity index (χ1v) is 9.27. The predicted molar refractivity (Wildman–Crippen MR) is 98.7 cm³/mol. The lowest BCUT2D eigenvalue weighted by Gasteiger charge is -2.31. The highest BCUT2D eigenvalue weighted by atomic mass is 16.1. The minimum Gasteiger partial charge on any atom is -0.356 e. The summed E-state index contributed by atoms with van der Waals surface area (Å²) in [6, 6.07) is 6.34. The van der Waals surface area contributed by atoms with Crippen LogP contribution in [0, 0.1) is 0 Å². The number of piperidine rings is 1. The third-order valence-corrected chi connectivity index (χ3v) is 5.41. The normalized spacial score (nSPS) is 19.5. The first-order chi connectivity index (χ1) is 12.2. The van der Waals surface area contributed by atoms with Crippen LogP contribution in [0.25, 0.3) is 10.9 Å². The first kappa shape index (κ1) is 16.3. The molecule has 6 nitrogen and oxygen atoms in total. The molecule has 2 heterocycles. The number of fused-ring (bicyclic) bond motifs is 1. The van der Waals surface area contributed by atoms with Crippen molar-refractivity contribution in [2.45, 2.75) is 50.6 Å². The number of hydrogen-bond acceptors (Lipinski definition) is 5. The van der Waals surface area contributed by atoms with Gasteiger partial charge in [0.15, 0.2) is 0 Å². The second-order valence-electron chi connectivity index (χ2n) is 7.21. The van der Waals surface area contributed by atoms with E-state index in [-0.39, 0.29) is 11.9 Å². The average molecular weight is 339 g/mol. The van der Waals surface area contributed by atoms with E-state index in [1.54, 1.807) is 6.33 Å². The van der Waals surface area contributed by atoms with Gasteiger partial charge in [-0.1, -0.05) is 12.8 Å². The van der Waals surface area contributed by atoms with Gasteiger partial charge in [0, 0.05) is 36.1 Å². The lowest BCUT2D eigenvalue weighted by atomic mass is 10.1. The van der Waals surface area contributed by atoms with Crippen molar-refractivity contribution in [1.82, 2.24) is 15.3 Å². The van der Waals surface area contributed by atoms with Crippen LogP contribution in [0.5, 0.6) is 0 Å². The molecule has 132 valence electrons. The summed E-state index contributed by atoms with van der Waals surface area (Å²) in [5, 5.41) is 4.13. The topological polar surface area (TPSA) is 84.1 Å². The third-order valence-electron chi connectivity index (χ3n) is 5.41. The van der Waals surface area contributed by atoms with Gasteiger partial charge in [0.1, 0.15) is 12.1 Å². The molecule has 0 bridgehead atoms. The number of carbonyl (C=O) groups excluding carboxylic acids is 1. The molecule has 0 radical (unpaired) electrons. The smallest absolute Gasteiger partial charge is 0.251 e. The van der Waals surface area contributed by atoms with Crippen LogP contribution in [-0.2, 0) is 0 Å². The Hall–Kier alpha value is -2.21. The van der Waals surface area contributed by atoms with Crippen LogP contribution in [0.1, 0.15) is 48.9 Å². The molecule has 0 spiro atoms. The zero-order chi connectivity index (χ0) is 17.2. The number of nitrogens with zero attached hydrogens (tertiary/aromatic N) is 3. The van der Waals surface area contributed by atoms with Crippen molar-refractivity contribution < 1.29 is 4.79 Å². The van der Waals surface area contributed by atoms with Crippen LogP contribution in [0.4, 0.5) is 5.82 Å². The van der Waals surface area contributed by atoms with Gasteiger partial charge in [0.2, 0.25) is 0 Å². The van der Waals surface area contributed by atoms with Crippen LogP contribution in [0.15, 0.2) is 24.5 Å². The minimum atomic E-state index is -0.00194. The zero-order valence-corrected chi connectivity index (χ0v) is 14.4. The second-order valence-corrected chi connectivity index (χ2v) is 7.21. The van der Waals surface area contributed by atoms with E-state index >= 15 is 0 Å². The molecule has 25 heavy (non-hydrogen) atoms. The van der Waals surface area contributed by atoms with E-state index in [9.17, 15) is 4.79 Å². The number of nitrogens with one attached hydrogen (secondary N) is 1. The van der Waals surface area contributed by atoms with Gasteiger partial charge in [-0.25, -0.2) is 9.97 Å². The fourth-order valence-corrected chi connectivity index (χ4v) is 3.89. The molecule has 2 fully saturated rings. The number of hydrogen-bond donors (Lipinski definition) is 2. The van der Waals surface area contributed by atoms with Crippen LogP contribution in [-0.4, -0.2) is 41.0 Å². The fourth-order valence-electron chi connectivity index (χ4n) is 3.89. The molecule has 2 aromatic rings. The maximum Gasteiger partial charge on any atom is 0.251 e. The molecule has 1 aliphatic carbocycles. The first-order valence-electron chi connectivity index (χ1n) is 9.27. The van der Waals surface area contributed by atoms with E-state index in [0.717, 1.165) is 55.5 Å². The highest BCUT2D eigenvalue weighted by molar-refractivity contribution is 5.99. The highest BCUT2D eigenvalue weighted by Crippen LogP contribution is 2.26. The lowest BCUT2D eigenvalue weighted by Crippen LogP contribution is -2.40. The molecule has 1 aromatic heterocycles. The van der Waals surface area contributed by atoms with Crippen molar-refractivity contribution in [1.29, 1.82) is 0 Å². The number of nitrogens with two attached hydrogens (primary N) is 1. The summed E-state index contributed by atoms with van der Waals surface area (Å²) in [5.74, 6) is 0.942. The maximum absolute atomic E-state index is 12.5. The van der Waals surface area contributed by atoms with Gasteiger partial charge in [-0.3, -0.25) is 4.79 Å². The van der Waals surface area contributed by atoms with Crippen LogP contribution in [0.3, 0.4) is 0 Å². The number of carbonyl (C=O) groups is 1. The zero-order valence-electron chi connectivity index (χ0n) is 14.4. The summed E-state index contributed by atoms with van der Waals surface area (Å²) in [6.45, 7) is 1.83. The monoisotopic (exact) mass is 339 g/mol. The van der Waals surface area contributed by atoms with Gasteiger partial charge in [0.25, 0.3) is 5.91 Å². The Balaban J connectivity index is 1.57. The molecule has 1 aromatic carbocycles. The number of anilines is 1. The molecule has 0 unspecified atom stereocenters. The predicted octanol–water partition coefficient (Wildman–Crippen LogP) is 2.23. The number of rotatable bonds is 3. The fraction of sp³-hybridized carbons (Fsp3) is 0.526. The van der Waals surface area contributed by atoms with Gasteiger partial charge in [-0.15, -0.1) is 0 Å². The SMILES string of the molecule is NC1CCN(c2ncnc3cc(C(=O)NC4CCCC4)ccc23)CC1. The lowest BCUT2D eigenvalue weighted by molar-refractivity contribution is 0.0938. The van der Waals surface area contributed by atoms with E-state index in [2.05, 4.69) is 20.2 Å². The summed E-state index contributed by atoms with van der Waals surface area (Å²) in [4.78, 5) is 23.6. The minimum absolute atomic E-state index is 0.00194. The average Bonchev–Trinajstić information content (AvgIpc) is 3.14. The van der Waals surface area contributed by atoms with Crippen molar-refractivity contribution in [3.63, 3.8) is 0 Å². The van der Waals surface area contributed by atoms with Crippen molar-refractivity contribution in [3.8, 4) is 0 Å². The molecule has 2 aliphatic rings. The molecular formula is C19H25N5O. The van der Waals surface area contributed by atoms with Crippen molar-refractivity contribution in [2.75, 3.05) is 18.0 Å². The summed E-state index contributed by atoms with van der Waals surface area (Å²) < 4.78 is 0. The molecule has 4 rings (SSSR count). The Morgan fingerprint density at radius 1 is 1.12 bits per heavy atom. The standard InChI is InChI=1S/C19H25N5O/c20-14-7-9-24(10-8-14)18-16-6-5-13(11-17(16)21-12-22-18)19(25)23-15-3-1-2-4-15/h5-6,11-12,14-15H,1-4,7-10,20H2,(H,23,25). The molecule has 1 saturated carbocycles. The molecule has 1 amide bonds. The van der Waals surface area contributed by atoms with Crippen molar-refractivity contribution in [3.05, 3.63) is 30.1 Å². The Bertz CT molecular complexity index is 763. The Morgan fingerprint density at radius 3 is 2.64 bits per heavy atom. The number of aromatic nitrogens is 2. The summed E-state index contributed by atoms with van der Waals surface area (Å²) in [7, 11) is 0. The van der Waals surface area contributed by atoms with Crippen LogP contribution < -0.4 is 16.0 Å². The summed E-state index contributed by atoms with van der Waals surface area (Å²) >= 11 is 0. The Kier molecular flexibility index (Phi) is 4.53. The van der Waals surface area contributed by atoms with E-state index in [4.69, 9.17) is 5.73 Å². The van der Waals surface area contributed by atoms with Gasteiger partial charge < -0.3 is 16.0 Å². The van der Waals surface area contributed by atoms with Gasteiger partial charge >= 0.3 is 0 Å². The second kappa shape index (κ2) is 6.96. The van der Waals surface area contributed by atoms with Crippen molar-refractivity contribution >= 4 is 22.6 Å². The van der Waals surface area contributed by atoms with E-state index < -0.39 is 0 Å². The molecule has 1 saturated heterocycles. The summed E-state index contributed by atoms with van der Waals surface area (Å²) in [6.07, 6.45) is 8.13. The molecule has 6 heteroatoms. The van der Waals surface area contributed by atoms with Gasteiger partial charge in [0.05, 0.1) is 5.52 Å². The van der Waals surface area contributed by atoms with E-state index in [1.165, 1.54) is 12.8 Å². The largest absolute Gasteiger partial charge is 0.356 e. The summed E-state index contributed by atoms with van der Waals surface area (Å²) in [5.41, 5.74) is 7.49. The van der Waals surface area contributed by atoms with Crippen molar-refractivity contribution in [2.24, 2.45) is 5.73 Å². The van der Waals surface area contributed by atoms with E-state index in [0.29, 0.717) is 11.6 Å². The van der Waals surface area contributed by atoms with Crippen LogP contribution >= 0.6 is 0 Å². The quantitative estimate of drug-likeness (QED) is 0.896. The Labute approximate surface area is 147 Å². The number of benzene rings is 1. The van der Waals surface area contributed by atoms with Gasteiger partial charge in [-0.05, 0) is 43.9 Å².